The number of aliphatic hydroxyl groups is 1. The Morgan fingerprint density at radius 2 is 1.92 bits per heavy atom. The summed E-state index contributed by atoms with van der Waals surface area (Å²) in [6.45, 7) is 4.91. The fraction of sp³-hybridized carbons (Fsp3) is 0.433. The molecule has 39 heavy (non-hydrogen) atoms. The molecule has 2 aromatic heterocycles. The number of benzene rings is 1. The number of ether oxygens (including phenoxy) is 1. The molecule has 1 aromatic carbocycles. The van der Waals surface area contributed by atoms with Gasteiger partial charge in [-0.05, 0) is 65.6 Å². The molecule has 1 aliphatic carbocycles. The maximum Gasteiger partial charge on any atom is 0.323 e. The quantitative estimate of drug-likeness (QED) is 0.358. The average Bonchev–Trinajstić information content (AvgIpc) is 3.61. The highest BCUT2D eigenvalue weighted by Gasteiger charge is 2.45. The maximum absolute atomic E-state index is 13.2. The van der Waals surface area contributed by atoms with Crippen LogP contribution in [0.4, 0.5) is 0 Å². The fourth-order valence-corrected chi connectivity index (χ4v) is 6.19. The van der Waals surface area contributed by atoms with Crippen LogP contribution in [0.5, 0.6) is 0 Å². The second kappa shape index (κ2) is 11.4. The van der Waals surface area contributed by atoms with Crippen molar-refractivity contribution in [2.45, 2.75) is 57.1 Å². The molecule has 0 spiro atoms. The van der Waals surface area contributed by atoms with Gasteiger partial charge in [0, 0.05) is 59.2 Å². The number of esters is 1. The van der Waals surface area contributed by atoms with E-state index in [4.69, 9.17) is 22.1 Å². The number of carbonyl (C=O) groups excluding carboxylic acids is 2. The Morgan fingerprint density at radius 1 is 1.18 bits per heavy atom. The molecule has 1 aliphatic heterocycles. The molecular formula is C30H34ClN3O4S. The van der Waals surface area contributed by atoms with Crippen molar-refractivity contribution in [2.75, 3.05) is 19.7 Å². The van der Waals surface area contributed by atoms with Crippen LogP contribution in [0.25, 0.3) is 21.6 Å². The maximum atomic E-state index is 13.2. The van der Waals surface area contributed by atoms with Crippen molar-refractivity contribution in [2.24, 2.45) is 11.7 Å². The van der Waals surface area contributed by atoms with E-state index in [1.165, 1.54) is 0 Å². The molecule has 3 heterocycles. The van der Waals surface area contributed by atoms with Crippen molar-refractivity contribution in [3.8, 4) is 21.6 Å². The molecule has 2 aliphatic rings. The zero-order valence-electron chi connectivity index (χ0n) is 22.2. The summed E-state index contributed by atoms with van der Waals surface area (Å²) in [6, 6.07) is 11.0. The summed E-state index contributed by atoms with van der Waals surface area (Å²) in [7, 11) is 0. The Hall–Kier alpha value is -2.78. The molecule has 0 unspecified atom stereocenters. The summed E-state index contributed by atoms with van der Waals surface area (Å²) in [5, 5.41) is 12.4. The lowest BCUT2D eigenvalue weighted by molar-refractivity contribution is -0.153. The summed E-state index contributed by atoms with van der Waals surface area (Å²) < 4.78 is 5.56. The van der Waals surface area contributed by atoms with Gasteiger partial charge >= 0.3 is 5.97 Å². The normalized spacial score (nSPS) is 17.7. The number of aliphatic hydroxyl groups excluding tert-OH is 1. The number of rotatable bonds is 8. The molecule has 9 heteroatoms. The van der Waals surface area contributed by atoms with E-state index in [2.05, 4.69) is 22.5 Å². The van der Waals surface area contributed by atoms with Gasteiger partial charge in [-0.2, -0.15) is 0 Å². The Bertz CT molecular complexity index is 1360. The van der Waals surface area contributed by atoms with Crippen LogP contribution >= 0.6 is 22.9 Å². The molecule has 1 atom stereocenters. The molecule has 0 radical (unpaired) electrons. The van der Waals surface area contributed by atoms with Gasteiger partial charge < -0.3 is 20.5 Å². The third kappa shape index (κ3) is 5.89. The van der Waals surface area contributed by atoms with Gasteiger partial charge in [0.15, 0.2) is 0 Å². The van der Waals surface area contributed by atoms with Crippen LogP contribution < -0.4 is 5.73 Å². The van der Waals surface area contributed by atoms with Crippen LogP contribution in [0.15, 0.2) is 48.0 Å². The Kier molecular flexibility index (Phi) is 8.10. The van der Waals surface area contributed by atoms with E-state index in [9.17, 15) is 14.7 Å². The third-order valence-electron chi connectivity index (χ3n) is 7.88. The number of carbonyl (C=O) groups is 2. The van der Waals surface area contributed by atoms with Crippen molar-refractivity contribution in [3.05, 3.63) is 64.3 Å². The predicted octanol–water partition coefficient (Wildman–Crippen LogP) is 5.29. The highest BCUT2D eigenvalue weighted by atomic mass is 35.5. The smallest absolute Gasteiger partial charge is 0.323 e. The SMILES string of the molecule is CC(C)[C@H](N)C(=O)OC1CCN(C(=O)c2ccc(-c3cc(-c4ccnc(C5(CO)CC5)c4)cs3)c(Cl)c2)CC1. The van der Waals surface area contributed by atoms with Crippen LogP contribution in [0.2, 0.25) is 5.02 Å². The van der Waals surface area contributed by atoms with Gasteiger partial charge in [-0.15, -0.1) is 11.3 Å². The van der Waals surface area contributed by atoms with Crippen LogP contribution in [0.3, 0.4) is 0 Å². The van der Waals surface area contributed by atoms with E-state index >= 15 is 0 Å². The number of halogens is 1. The molecule has 0 bridgehead atoms. The first kappa shape index (κ1) is 27.8. The minimum atomic E-state index is -0.631. The molecule has 1 saturated heterocycles. The van der Waals surface area contributed by atoms with Gasteiger partial charge in [-0.25, -0.2) is 0 Å². The first-order valence-corrected chi connectivity index (χ1v) is 14.7. The van der Waals surface area contributed by atoms with E-state index in [1.807, 2.05) is 32.0 Å². The highest BCUT2D eigenvalue weighted by Crippen LogP contribution is 2.47. The van der Waals surface area contributed by atoms with E-state index < -0.39 is 6.04 Å². The van der Waals surface area contributed by atoms with Crippen LogP contribution in [-0.2, 0) is 14.9 Å². The number of hydrogen-bond acceptors (Lipinski definition) is 7. The number of likely N-dealkylation sites (tertiary alicyclic amines) is 1. The van der Waals surface area contributed by atoms with E-state index in [0.29, 0.717) is 36.5 Å². The molecule has 7 nitrogen and oxygen atoms in total. The number of piperidine rings is 1. The molecule has 1 amide bonds. The number of aromatic nitrogens is 1. The highest BCUT2D eigenvalue weighted by molar-refractivity contribution is 7.14. The first-order chi connectivity index (χ1) is 18.7. The fourth-order valence-electron chi connectivity index (χ4n) is 4.90. The molecule has 3 aromatic rings. The standard InChI is InChI=1S/C30H34ClN3O4S/c1-18(2)27(32)29(37)38-22-6-11-34(12-7-22)28(36)20-3-4-23(24(31)13-20)25-14-21(16-39-25)19-5-10-33-26(15-19)30(17-35)8-9-30/h3-5,10,13-16,18,22,27,35H,6-9,11-12,17,32H2,1-2H3/t27-/m0/s1. The number of pyridine rings is 1. The van der Waals surface area contributed by atoms with Crippen molar-refractivity contribution in [1.29, 1.82) is 0 Å². The van der Waals surface area contributed by atoms with Gasteiger partial charge in [0.05, 0.1) is 11.6 Å². The molecule has 3 N–H and O–H groups in total. The monoisotopic (exact) mass is 567 g/mol. The van der Waals surface area contributed by atoms with E-state index in [-0.39, 0.29) is 35.9 Å². The lowest BCUT2D eigenvalue weighted by atomic mass is 9.99. The third-order valence-corrected chi connectivity index (χ3v) is 9.15. The van der Waals surface area contributed by atoms with Gasteiger partial charge in [-0.3, -0.25) is 14.6 Å². The minimum Gasteiger partial charge on any atom is -0.461 e. The molecule has 1 saturated carbocycles. The number of amides is 1. The lowest BCUT2D eigenvalue weighted by Gasteiger charge is -2.32. The average molecular weight is 568 g/mol. The van der Waals surface area contributed by atoms with Crippen LogP contribution in [-0.4, -0.2) is 58.7 Å². The van der Waals surface area contributed by atoms with Crippen LogP contribution in [0, 0.1) is 5.92 Å². The summed E-state index contributed by atoms with van der Waals surface area (Å²) in [4.78, 5) is 32.6. The second-order valence-corrected chi connectivity index (χ2v) is 12.3. The first-order valence-electron chi connectivity index (χ1n) is 13.4. The largest absolute Gasteiger partial charge is 0.461 e. The summed E-state index contributed by atoms with van der Waals surface area (Å²) >= 11 is 8.28. The number of nitrogens with zero attached hydrogens (tertiary/aromatic N) is 2. The van der Waals surface area contributed by atoms with Crippen molar-refractivity contribution < 1.29 is 19.4 Å². The van der Waals surface area contributed by atoms with Gasteiger partial charge in [0.25, 0.3) is 5.91 Å². The Balaban J connectivity index is 1.23. The molecule has 206 valence electrons. The topological polar surface area (TPSA) is 106 Å². The van der Waals surface area contributed by atoms with E-state index in [1.54, 1.807) is 28.5 Å². The lowest BCUT2D eigenvalue weighted by Crippen LogP contribution is -2.44. The zero-order chi connectivity index (χ0) is 27.7. The zero-order valence-corrected chi connectivity index (χ0v) is 23.8. The second-order valence-electron chi connectivity index (χ2n) is 11.0. The Morgan fingerprint density at radius 3 is 2.56 bits per heavy atom. The van der Waals surface area contributed by atoms with Gasteiger partial charge in [0.2, 0.25) is 0 Å². The number of nitrogens with two attached hydrogens (primary N) is 1. The van der Waals surface area contributed by atoms with Gasteiger partial charge in [-0.1, -0.05) is 31.5 Å². The number of hydrogen-bond donors (Lipinski definition) is 2. The molecule has 2 fully saturated rings. The van der Waals surface area contributed by atoms with Gasteiger partial charge in [0.1, 0.15) is 12.1 Å². The van der Waals surface area contributed by atoms with Crippen molar-refractivity contribution >= 4 is 34.8 Å². The minimum absolute atomic E-state index is 0.0166. The number of thiophene rings is 1. The van der Waals surface area contributed by atoms with Crippen molar-refractivity contribution in [1.82, 2.24) is 9.88 Å². The summed E-state index contributed by atoms with van der Waals surface area (Å²) in [5.41, 5.74) is 10.2. The van der Waals surface area contributed by atoms with E-state index in [0.717, 1.165) is 40.1 Å². The molecule has 5 rings (SSSR count). The summed E-state index contributed by atoms with van der Waals surface area (Å²) in [6.07, 6.45) is 4.69. The predicted molar refractivity (Wildman–Crippen MR) is 154 cm³/mol. The van der Waals surface area contributed by atoms with Crippen molar-refractivity contribution in [3.63, 3.8) is 0 Å². The Labute approximate surface area is 238 Å². The van der Waals surface area contributed by atoms with Crippen LogP contribution in [0.1, 0.15) is 55.6 Å². The summed E-state index contributed by atoms with van der Waals surface area (Å²) in [5.74, 6) is -0.445. The molecular weight excluding hydrogens is 534 g/mol.